The van der Waals surface area contributed by atoms with Gasteiger partial charge in [-0.25, -0.2) is 9.80 Å². The number of fused-ring (bicyclic) bond motifs is 1. The molecule has 1 unspecified atom stereocenters. The number of hydrazine groups is 1. The second-order valence-electron chi connectivity index (χ2n) is 5.68. The molecule has 0 amide bonds. The Balaban J connectivity index is 1.88. The first kappa shape index (κ1) is 16.9. The van der Waals surface area contributed by atoms with Gasteiger partial charge in [-0.1, -0.05) is 6.07 Å². The second kappa shape index (κ2) is 6.49. The van der Waals surface area contributed by atoms with E-state index in [0.29, 0.717) is 28.4 Å². The summed E-state index contributed by atoms with van der Waals surface area (Å²) < 4.78 is 16.4. The van der Waals surface area contributed by atoms with Gasteiger partial charge in [0.05, 0.1) is 20.3 Å². The van der Waals surface area contributed by atoms with Crippen LogP contribution in [0.25, 0.3) is 0 Å². The number of anilines is 1. The van der Waals surface area contributed by atoms with E-state index in [1.54, 1.807) is 14.2 Å². The molecule has 0 bridgehead atoms. The summed E-state index contributed by atoms with van der Waals surface area (Å²) in [5.74, 6) is 1.89. The largest absolute Gasteiger partial charge is 0.493 e. The lowest BCUT2D eigenvalue weighted by molar-refractivity contribution is 0.267. The van der Waals surface area contributed by atoms with Crippen LogP contribution in [0, 0.1) is 6.92 Å². The third-order valence-electron chi connectivity index (χ3n) is 4.28. The zero-order chi connectivity index (χ0) is 17.4. The van der Waals surface area contributed by atoms with Crippen molar-refractivity contribution in [2.24, 2.45) is 0 Å². The van der Waals surface area contributed by atoms with Crippen molar-refractivity contribution < 1.29 is 13.9 Å². The van der Waals surface area contributed by atoms with Crippen LogP contribution in [0.4, 0.5) is 5.88 Å². The predicted molar refractivity (Wildman–Crippen MR) is 94.5 cm³/mol. The van der Waals surface area contributed by atoms with Crippen molar-refractivity contribution in [2.45, 2.75) is 26.4 Å². The van der Waals surface area contributed by atoms with Gasteiger partial charge in [-0.15, -0.1) is 0 Å². The number of nitrogens with zero attached hydrogens (tertiary/aromatic N) is 1. The number of ether oxygens (including phenoxy) is 2. The number of nitrogens with one attached hydrogen (secondary N) is 1. The monoisotopic (exact) mass is 394 g/mol. The maximum absolute atomic E-state index is 11.8. The highest BCUT2D eigenvalue weighted by Gasteiger charge is 2.32. The maximum atomic E-state index is 11.8. The first-order chi connectivity index (χ1) is 11.5. The van der Waals surface area contributed by atoms with Crippen molar-refractivity contribution in [3.05, 3.63) is 49.8 Å². The first-order valence-corrected chi connectivity index (χ1v) is 8.32. The van der Waals surface area contributed by atoms with Crippen molar-refractivity contribution in [3.8, 4) is 11.5 Å². The average Bonchev–Trinajstić information content (AvgIpc) is 2.88. The van der Waals surface area contributed by atoms with E-state index in [1.807, 2.05) is 30.1 Å². The molecule has 1 aliphatic heterocycles. The van der Waals surface area contributed by atoms with E-state index in [0.717, 1.165) is 16.7 Å². The highest BCUT2D eigenvalue weighted by atomic mass is 79.9. The Morgan fingerprint density at radius 1 is 1.29 bits per heavy atom. The van der Waals surface area contributed by atoms with Crippen LogP contribution in [0.2, 0.25) is 0 Å². The van der Waals surface area contributed by atoms with Gasteiger partial charge in [0.1, 0.15) is 4.47 Å². The Morgan fingerprint density at radius 2 is 2.00 bits per heavy atom. The Labute approximate surface area is 148 Å². The van der Waals surface area contributed by atoms with Crippen LogP contribution in [0.3, 0.4) is 0 Å². The first-order valence-electron chi connectivity index (χ1n) is 7.53. The zero-order valence-electron chi connectivity index (χ0n) is 14.0. The van der Waals surface area contributed by atoms with Crippen molar-refractivity contribution in [1.82, 2.24) is 5.01 Å². The van der Waals surface area contributed by atoms with Crippen molar-refractivity contribution in [3.63, 3.8) is 0 Å². The molecular weight excluding hydrogens is 376 g/mol. The smallest absolute Gasteiger partial charge is 0.352 e. The molecule has 7 heteroatoms. The van der Waals surface area contributed by atoms with Crippen LogP contribution in [0.5, 0.6) is 11.5 Å². The molecule has 24 heavy (non-hydrogen) atoms. The van der Waals surface area contributed by atoms with E-state index < -0.39 is 0 Å². The standard InChI is InChI=1S/C17H19BrN2O4/c1-9-14-10(2)20(19-16(14)24-17(21)15(9)18)8-11-5-6-12(22-3)13(7-11)23-4/h5-7,10,19H,8H2,1-4H3. The third-order valence-corrected chi connectivity index (χ3v) is 5.20. The summed E-state index contributed by atoms with van der Waals surface area (Å²) >= 11 is 3.30. The van der Waals surface area contributed by atoms with Gasteiger partial charge in [0, 0.05) is 12.1 Å². The minimum Gasteiger partial charge on any atom is -0.493 e. The summed E-state index contributed by atoms with van der Waals surface area (Å²) in [6.07, 6.45) is 0. The number of halogens is 1. The van der Waals surface area contributed by atoms with Crippen molar-refractivity contribution in [1.29, 1.82) is 0 Å². The fourth-order valence-electron chi connectivity index (χ4n) is 2.96. The number of hydrogen-bond donors (Lipinski definition) is 1. The molecule has 1 aliphatic rings. The van der Waals surface area contributed by atoms with E-state index in [1.165, 1.54) is 0 Å². The number of methoxy groups -OCH3 is 2. The molecule has 3 rings (SSSR count). The molecule has 0 fully saturated rings. The zero-order valence-corrected chi connectivity index (χ0v) is 15.6. The molecule has 0 saturated heterocycles. The van der Waals surface area contributed by atoms with E-state index in [9.17, 15) is 4.79 Å². The quantitative estimate of drug-likeness (QED) is 0.853. The van der Waals surface area contributed by atoms with Crippen LogP contribution < -0.4 is 20.5 Å². The second-order valence-corrected chi connectivity index (χ2v) is 6.47. The maximum Gasteiger partial charge on any atom is 0.352 e. The average molecular weight is 395 g/mol. The topological polar surface area (TPSA) is 63.9 Å². The highest BCUT2D eigenvalue weighted by Crippen LogP contribution is 2.39. The molecule has 128 valence electrons. The lowest BCUT2D eigenvalue weighted by atomic mass is 10.1. The summed E-state index contributed by atoms with van der Waals surface area (Å²) in [7, 11) is 3.23. The summed E-state index contributed by atoms with van der Waals surface area (Å²) in [5, 5.41) is 2.02. The Kier molecular flexibility index (Phi) is 4.56. The minimum absolute atomic E-state index is 0.0637. The molecule has 2 heterocycles. The fourth-order valence-corrected chi connectivity index (χ4v) is 3.25. The lowest BCUT2D eigenvalue weighted by Crippen LogP contribution is -2.26. The molecule has 6 nitrogen and oxygen atoms in total. The normalized spacial score (nSPS) is 16.6. The molecule has 1 aromatic heterocycles. The Hall–Kier alpha value is -1.99. The third kappa shape index (κ3) is 2.78. The number of hydrogen-bond acceptors (Lipinski definition) is 6. The van der Waals surface area contributed by atoms with E-state index >= 15 is 0 Å². The van der Waals surface area contributed by atoms with Gasteiger partial charge >= 0.3 is 5.63 Å². The summed E-state index contributed by atoms with van der Waals surface area (Å²) in [4.78, 5) is 11.8. The van der Waals surface area contributed by atoms with Crippen LogP contribution in [0.1, 0.15) is 29.7 Å². The van der Waals surface area contributed by atoms with Gasteiger partial charge in [0.15, 0.2) is 11.5 Å². The summed E-state index contributed by atoms with van der Waals surface area (Å²) in [5.41, 5.74) is 5.75. The van der Waals surface area contributed by atoms with E-state index in [4.69, 9.17) is 13.9 Å². The molecule has 1 atom stereocenters. The Morgan fingerprint density at radius 3 is 2.67 bits per heavy atom. The van der Waals surface area contributed by atoms with E-state index in [-0.39, 0.29) is 11.7 Å². The lowest BCUT2D eigenvalue weighted by Gasteiger charge is -2.22. The van der Waals surface area contributed by atoms with Gasteiger partial charge in [0.25, 0.3) is 0 Å². The van der Waals surface area contributed by atoms with Crippen LogP contribution in [0.15, 0.2) is 31.9 Å². The molecule has 2 aromatic rings. The van der Waals surface area contributed by atoms with Gasteiger partial charge in [-0.3, -0.25) is 5.43 Å². The highest BCUT2D eigenvalue weighted by molar-refractivity contribution is 9.10. The van der Waals surface area contributed by atoms with E-state index in [2.05, 4.69) is 28.3 Å². The molecule has 0 saturated carbocycles. The van der Waals surface area contributed by atoms with Gasteiger partial charge < -0.3 is 13.9 Å². The fraction of sp³-hybridized carbons (Fsp3) is 0.353. The van der Waals surface area contributed by atoms with Crippen LogP contribution >= 0.6 is 15.9 Å². The molecule has 1 aromatic carbocycles. The summed E-state index contributed by atoms with van der Waals surface area (Å²) in [6, 6.07) is 5.87. The summed E-state index contributed by atoms with van der Waals surface area (Å²) in [6.45, 7) is 4.61. The Bertz CT molecular complexity index is 834. The van der Waals surface area contributed by atoms with Gasteiger partial charge in [-0.2, -0.15) is 0 Å². The molecule has 1 N–H and O–H groups in total. The van der Waals surface area contributed by atoms with Crippen LogP contribution in [-0.2, 0) is 6.54 Å². The SMILES string of the molecule is COc1ccc(CN2Nc3oc(=O)c(Br)c(C)c3C2C)cc1OC. The van der Waals surface area contributed by atoms with Crippen molar-refractivity contribution in [2.75, 3.05) is 19.6 Å². The predicted octanol–water partition coefficient (Wildman–Crippen LogP) is 3.63. The minimum atomic E-state index is -0.376. The van der Waals surface area contributed by atoms with Crippen LogP contribution in [-0.4, -0.2) is 19.2 Å². The number of rotatable bonds is 4. The molecule has 0 spiro atoms. The molecule has 0 radical (unpaired) electrons. The van der Waals surface area contributed by atoms with Gasteiger partial charge in [0.2, 0.25) is 5.88 Å². The molecular formula is C17H19BrN2O4. The van der Waals surface area contributed by atoms with Crippen molar-refractivity contribution >= 4 is 21.8 Å². The number of benzene rings is 1. The molecule has 0 aliphatic carbocycles. The van der Waals surface area contributed by atoms with Gasteiger partial charge in [-0.05, 0) is 53.0 Å².